The monoisotopic (exact) mass is 577 g/mol. The highest BCUT2D eigenvalue weighted by Crippen LogP contribution is 2.33. The second-order valence-corrected chi connectivity index (χ2v) is 11.3. The number of nitrogens with one attached hydrogen (secondary N) is 1. The highest BCUT2D eigenvalue weighted by atomic mass is 15.0. The molecule has 0 spiro atoms. The van der Waals surface area contributed by atoms with Gasteiger partial charge in [-0.1, -0.05) is 140 Å². The van der Waals surface area contributed by atoms with Crippen LogP contribution in [0.1, 0.15) is 23.1 Å². The number of rotatable bonds is 5. The lowest BCUT2D eigenvalue weighted by molar-refractivity contribution is 1.18. The van der Waals surface area contributed by atoms with Crippen molar-refractivity contribution in [1.82, 2.24) is 9.88 Å². The van der Waals surface area contributed by atoms with Crippen LogP contribution in [-0.4, -0.2) is 10.4 Å². The minimum atomic E-state index is 0.774. The molecule has 1 N–H and O–H groups in total. The summed E-state index contributed by atoms with van der Waals surface area (Å²) >= 11 is 0. The van der Waals surface area contributed by atoms with Gasteiger partial charge in [0.2, 0.25) is 0 Å². The van der Waals surface area contributed by atoms with Crippen LogP contribution in [-0.2, 0) is 0 Å². The molecule has 0 aliphatic carbocycles. The second kappa shape index (κ2) is 11.6. The highest BCUT2D eigenvalue weighted by Gasteiger charge is 2.14. The van der Waals surface area contributed by atoms with E-state index in [0.717, 1.165) is 46.0 Å². The Hall–Kier alpha value is -5.93. The average molecular weight is 578 g/mol. The first-order valence-electron chi connectivity index (χ1n) is 15.4. The van der Waals surface area contributed by atoms with Gasteiger partial charge in [-0.3, -0.25) is 0 Å². The van der Waals surface area contributed by atoms with Crippen LogP contribution < -0.4 is 5.32 Å². The lowest BCUT2D eigenvalue weighted by Gasteiger charge is -2.18. The lowest BCUT2D eigenvalue weighted by atomic mass is 10.00. The van der Waals surface area contributed by atoms with Crippen molar-refractivity contribution in [2.24, 2.45) is 4.99 Å². The first-order chi connectivity index (χ1) is 22.3. The summed E-state index contributed by atoms with van der Waals surface area (Å²) in [5, 5.41) is 6.24. The minimum absolute atomic E-state index is 0.774. The van der Waals surface area contributed by atoms with Gasteiger partial charge in [-0.15, -0.1) is 0 Å². The van der Waals surface area contributed by atoms with Gasteiger partial charge in [0.15, 0.2) is 0 Å². The number of hydrogen-bond donors (Lipinski definition) is 1. The van der Waals surface area contributed by atoms with Gasteiger partial charge in [-0.05, 0) is 59.0 Å². The summed E-state index contributed by atoms with van der Waals surface area (Å²) in [6.07, 6.45) is 5.23. The maximum absolute atomic E-state index is 5.13. The Morgan fingerprint density at radius 3 is 1.73 bits per heavy atom. The lowest BCUT2D eigenvalue weighted by Crippen LogP contribution is -2.24. The smallest absolute Gasteiger partial charge is 0.138 e. The van der Waals surface area contributed by atoms with E-state index in [2.05, 4.69) is 168 Å². The summed E-state index contributed by atoms with van der Waals surface area (Å²) in [6, 6.07) is 55.6. The molecule has 7 aromatic rings. The average Bonchev–Trinajstić information content (AvgIpc) is 3.44. The number of aliphatic imine (C=N–C) groups is 1. The molecule has 3 nitrogen and oxygen atoms in total. The van der Waals surface area contributed by atoms with Crippen molar-refractivity contribution < 1.29 is 0 Å². The fourth-order valence-electron chi connectivity index (χ4n) is 6.25. The Morgan fingerprint density at radius 2 is 1.04 bits per heavy atom. The van der Waals surface area contributed by atoms with Crippen LogP contribution in [0.5, 0.6) is 0 Å². The normalized spacial score (nSPS) is 14.5. The molecule has 0 amide bonds. The Labute approximate surface area is 263 Å². The quantitative estimate of drug-likeness (QED) is 0.217. The number of aromatic nitrogens is 1. The fraction of sp³-hybridized carbons (Fsp3) is 0.0238. The molecule has 45 heavy (non-hydrogen) atoms. The van der Waals surface area contributed by atoms with Crippen molar-refractivity contribution in [2.75, 3.05) is 0 Å². The van der Waals surface area contributed by atoms with Gasteiger partial charge >= 0.3 is 0 Å². The number of allylic oxidation sites excluding steroid dienone is 2. The van der Waals surface area contributed by atoms with Gasteiger partial charge in [0.05, 0.1) is 16.7 Å². The topological polar surface area (TPSA) is 29.3 Å². The number of hydrogen-bond acceptors (Lipinski definition) is 2. The Morgan fingerprint density at radius 1 is 0.467 bits per heavy atom. The second-order valence-electron chi connectivity index (χ2n) is 11.3. The largest absolute Gasteiger partial charge is 0.339 e. The molecule has 1 aliphatic rings. The van der Waals surface area contributed by atoms with E-state index < -0.39 is 0 Å². The van der Waals surface area contributed by atoms with Gasteiger partial charge in [0.1, 0.15) is 5.84 Å². The van der Waals surface area contributed by atoms with Crippen molar-refractivity contribution in [3.63, 3.8) is 0 Å². The molecule has 214 valence electrons. The molecule has 0 fully saturated rings. The van der Waals surface area contributed by atoms with E-state index in [9.17, 15) is 0 Å². The van der Waals surface area contributed by atoms with Crippen molar-refractivity contribution in [3.05, 3.63) is 187 Å². The summed E-state index contributed by atoms with van der Waals surface area (Å²) in [7, 11) is 0. The summed E-state index contributed by atoms with van der Waals surface area (Å²) in [5.74, 6) is 0.831. The molecule has 0 unspecified atom stereocenters. The maximum atomic E-state index is 5.13. The zero-order valence-corrected chi connectivity index (χ0v) is 24.8. The standard InChI is InChI=1S/C42H31N3/c1-3-13-31(14-4-1)38-21-12-22-39(44-42(43-38)32-15-5-2-6-16-32)34-18-11-17-33(29-34)30-25-27-35(28-26-30)45-40-23-9-7-19-36(40)37-20-8-10-24-41(37)45/h1-11,13-29H,12H2,(H,43,44)/b38-21?,39-22-. The molecule has 0 atom stereocenters. The third kappa shape index (κ3) is 5.15. The molecule has 0 saturated heterocycles. The number of nitrogens with zero attached hydrogens (tertiary/aromatic N) is 2. The third-order valence-corrected chi connectivity index (χ3v) is 8.45. The molecular formula is C42H31N3. The van der Waals surface area contributed by atoms with Crippen molar-refractivity contribution in [3.8, 4) is 16.8 Å². The fourth-order valence-corrected chi connectivity index (χ4v) is 6.25. The van der Waals surface area contributed by atoms with Gasteiger partial charge in [-0.25, -0.2) is 4.99 Å². The Balaban J connectivity index is 1.14. The van der Waals surface area contributed by atoms with E-state index in [1.165, 1.54) is 32.9 Å². The summed E-state index contributed by atoms with van der Waals surface area (Å²) in [4.78, 5) is 5.13. The van der Waals surface area contributed by atoms with Gasteiger partial charge in [0.25, 0.3) is 0 Å². The number of amidine groups is 1. The Bertz CT molecular complexity index is 2180. The van der Waals surface area contributed by atoms with Crippen LogP contribution in [0.2, 0.25) is 0 Å². The van der Waals surface area contributed by atoms with E-state index in [4.69, 9.17) is 4.99 Å². The van der Waals surface area contributed by atoms with Crippen molar-refractivity contribution in [2.45, 2.75) is 6.42 Å². The third-order valence-electron chi connectivity index (χ3n) is 8.45. The predicted molar refractivity (Wildman–Crippen MR) is 189 cm³/mol. The van der Waals surface area contributed by atoms with Crippen molar-refractivity contribution >= 4 is 39.0 Å². The zero-order chi connectivity index (χ0) is 30.0. The highest BCUT2D eigenvalue weighted by molar-refractivity contribution is 6.09. The van der Waals surface area contributed by atoms with E-state index in [1.54, 1.807) is 0 Å². The maximum Gasteiger partial charge on any atom is 0.138 e. The summed E-state index contributed by atoms with van der Waals surface area (Å²) < 4.78 is 2.36. The molecule has 0 bridgehead atoms. The molecule has 6 aromatic carbocycles. The molecule has 1 aromatic heterocycles. The SMILES string of the molecule is C1=C(c2ccccc2)N=C(c2ccccc2)N/C(c2cccc(-c3ccc(-n4c5ccccc5c5ccccc54)cc3)c2)=C\C1. The van der Waals surface area contributed by atoms with Crippen LogP contribution in [0.3, 0.4) is 0 Å². The number of benzene rings is 6. The summed E-state index contributed by atoms with van der Waals surface area (Å²) in [5.41, 5.74) is 11.2. The first-order valence-corrected chi connectivity index (χ1v) is 15.4. The number of fused-ring (bicyclic) bond motifs is 3. The van der Waals surface area contributed by atoms with E-state index in [0.29, 0.717) is 0 Å². The predicted octanol–water partition coefficient (Wildman–Crippen LogP) is 10.3. The van der Waals surface area contributed by atoms with Crippen LogP contribution in [0.15, 0.2) is 175 Å². The van der Waals surface area contributed by atoms with E-state index in [1.807, 2.05) is 12.1 Å². The molecule has 2 heterocycles. The minimum Gasteiger partial charge on any atom is -0.339 e. The van der Waals surface area contributed by atoms with Gasteiger partial charge in [0, 0.05) is 27.7 Å². The van der Waals surface area contributed by atoms with Gasteiger partial charge < -0.3 is 9.88 Å². The molecular weight excluding hydrogens is 546 g/mol. The van der Waals surface area contributed by atoms with E-state index >= 15 is 0 Å². The van der Waals surface area contributed by atoms with Crippen LogP contribution >= 0.6 is 0 Å². The number of para-hydroxylation sites is 2. The van der Waals surface area contributed by atoms with Crippen LogP contribution in [0, 0.1) is 0 Å². The summed E-state index contributed by atoms with van der Waals surface area (Å²) in [6.45, 7) is 0. The zero-order valence-electron chi connectivity index (χ0n) is 24.8. The molecule has 3 heteroatoms. The Kier molecular flexibility index (Phi) is 6.89. The molecule has 0 saturated carbocycles. The van der Waals surface area contributed by atoms with E-state index in [-0.39, 0.29) is 0 Å². The molecule has 8 rings (SSSR count). The molecule has 1 aliphatic heterocycles. The first kappa shape index (κ1) is 26.7. The van der Waals surface area contributed by atoms with Crippen LogP contribution in [0.4, 0.5) is 0 Å². The van der Waals surface area contributed by atoms with Crippen molar-refractivity contribution in [1.29, 1.82) is 0 Å². The molecule has 0 radical (unpaired) electrons. The van der Waals surface area contributed by atoms with Gasteiger partial charge in [-0.2, -0.15) is 0 Å². The van der Waals surface area contributed by atoms with Crippen LogP contribution in [0.25, 0.3) is 50.0 Å².